The molecule has 2 heterocycles. The summed E-state index contributed by atoms with van der Waals surface area (Å²) >= 11 is 0. The largest absolute Gasteiger partial charge is 0.496 e. The lowest BCUT2D eigenvalue weighted by atomic mass is 10.1. The van der Waals surface area contributed by atoms with Crippen LogP contribution in [0.2, 0.25) is 0 Å². The summed E-state index contributed by atoms with van der Waals surface area (Å²) in [5.74, 6) is -0.805. The second kappa shape index (κ2) is 9.37. The van der Waals surface area contributed by atoms with Crippen molar-refractivity contribution in [3.8, 4) is 17.4 Å². The topological polar surface area (TPSA) is 145 Å². The molecule has 14 heteroatoms. The molecule has 4 rings (SSSR count). The number of rotatable bonds is 9. The summed E-state index contributed by atoms with van der Waals surface area (Å²) in [6, 6.07) is 8.20. The summed E-state index contributed by atoms with van der Waals surface area (Å²) < 4.78 is 78.9. The molecule has 0 aliphatic rings. The molecule has 0 spiro atoms. The number of sulfonamides is 2. The second-order valence-corrected chi connectivity index (χ2v) is 10.4. The van der Waals surface area contributed by atoms with E-state index in [0.29, 0.717) is 11.1 Å². The zero-order valence-electron chi connectivity index (χ0n) is 18.1. The van der Waals surface area contributed by atoms with Gasteiger partial charge in [-0.3, -0.25) is 9.40 Å². The molecule has 11 nitrogen and oxygen atoms in total. The molecule has 2 aromatic carbocycles. The fraction of sp³-hybridized carbons (Fsp3) is 0.143. The van der Waals surface area contributed by atoms with E-state index in [1.54, 1.807) is 28.3 Å². The fourth-order valence-electron chi connectivity index (χ4n) is 3.25. The van der Waals surface area contributed by atoms with Crippen LogP contribution in [-0.4, -0.2) is 38.9 Å². The highest BCUT2D eigenvalue weighted by Crippen LogP contribution is 2.35. The average Bonchev–Trinajstić information content (AvgIpc) is 3.44. The van der Waals surface area contributed by atoms with Crippen LogP contribution >= 0.6 is 0 Å². The normalized spacial score (nSPS) is 11.9. The van der Waals surface area contributed by atoms with Gasteiger partial charge in [0.05, 0.1) is 19.9 Å². The number of methoxy groups -OCH3 is 1. The zero-order chi connectivity index (χ0) is 25.2. The number of nitrogens with zero attached hydrogens (tertiary/aromatic N) is 3. The van der Waals surface area contributed by atoms with E-state index >= 15 is 0 Å². The summed E-state index contributed by atoms with van der Waals surface area (Å²) in [7, 11) is -6.69. The number of aromatic nitrogens is 3. The van der Waals surface area contributed by atoms with Crippen LogP contribution in [0, 0.1) is 17.5 Å². The predicted octanol–water partition coefficient (Wildman–Crippen LogP) is 2.03. The quantitative estimate of drug-likeness (QED) is 0.320. The van der Waals surface area contributed by atoms with Gasteiger partial charge in [-0.25, -0.2) is 17.5 Å². The van der Waals surface area contributed by atoms with Crippen molar-refractivity contribution in [2.75, 3.05) is 11.8 Å². The van der Waals surface area contributed by atoms with E-state index in [1.165, 1.54) is 25.4 Å². The summed E-state index contributed by atoms with van der Waals surface area (Å²) in [6.07, 6.45) is 8.03. The molecule has 0 unspecified atom stereocenters. The lowest BCUT2D eigenvalue weighted by Crippen LogP contribution is -2.20. The summed E-state index contributed by atoms with van der Waals surface area (Å²) in [5.41, 5.74) is 1.48. The van der Waals surface area contributed by atoms with Gasteiger partial charge in [0.2, 0.25) is 0 Å². The first-order valence-electron chi connectivity index (χ1n) is 9.84. The van der Waals surface area contributed by atoms with Crippen LogP contribution in [0.25, 0.3) is 11.0 Å². The SMILES string of the molecule is C#CS(=O)(=O)NCc1cnn(Cc2cc(OC)c3c(NS(=O)(=O)c4ccccc4F)noc3c2)c1. The van der Waals surface area contributed by atoms with Crippen LogP contribution in [0.3, 0.4) is 0 Å². The Bertz CT molecular complexity index is 1650. The molecule has 2 aromatic heterocycles. The van der Waals surface area contributed by atoms with Crippen LogP contribution in [-0.2, 0) is 33.1 Å². The van der Waals surface area contributed by atoms with Gasteiger partial charge in [0, 0.05) is 23.6 Å². The maximum atomic E-state index is 14.0. The van der Waals surface area contributed by atoms with Crippen molar-refractivity contribution in [2.24, 2.45) is 0 Å². The maximum Gasteiger partial charge on any atom is 0.280 e. The zero-order valence-corrected chi connectivity index (χ0v) is 19.7. The fourth-order valence-corrected chi connectivity index (χ4v) is 4.77. The van der Waals surface area contributed by atoms with Crippen LogP contribution in [0.1, 0.15) is 11.1 Å². The molecule has 0 amide bonds. The van der Waals surface area contributed by atoms with Gasteiger partial charge < -0.3 is 9.26 Å². The average molecular weight is 520 g/mol. The van der Waals surface area contributed by atoms with E-state index in [2.05, 4.69) is 19.7 Å². The van der Waals surface area contributed by atoms with Crippen molar-refractivity contribution < 1.29 is 30.5 Å². The number of anilines is 1. The van der Waals surface area contributed by atoms with E-state index < -0.39 is 30.8 Å². The van der Waals surface area contributed by atoms with Gasteiger partial charge in [-0.1, -0.05) is 17.3 Å². The van der Waals surface area contributed by atoms with Crippen molar-refractivity contribution in [1.29, 1.82) is 0 Å². The van der Waals surface area contributed by atoms with Crippen molar-refractivity contribution in [2.45, 2.75) is 18.0 Å². The Morgan fingerprint density at radius 3 is 2.69 bits per heavy atom. The molecular weight excluding hydrogens is 501 g/mol. The molecule has 35 heavy (non-hydrogen) atoms. The molecule has 0 bridgehead atoms. The molecule has 0 saturated carbocycles. The number of ether oxygens (including phenoxy) is 1. The van der Waals surface area contributed by atoms with Crippen molar-refractivity contribution in [3.05, 3.63) is 65.7 Å². The molecule has 0 saturated heterocycles. The number of halogens is 1. The first-order valence-corrected chi connectivity index (χ1v) is 12.8. The number of hydrogen-bond acceptors (Lipinski definition) is 8. The van der Waals surface area contributed by atoms with Gasteiger partial charge >= 0.3 is 0 Å². The van der Waals surface area contributed by atoms with E-state index in [0.717, 1.165) is 12.1 Å². The number of terminal acetylenes is 1. The first-order chi connectivity index (χ1) is 16.6. The molecule has 0 radical (unpaired) electrons. The minimum Gasteiger partial charge on any atom is -0.496 e. The lowest BCUT2D eigenvalue weighted by Gasteiger charge is -2.09. The van der Waals surface area contributed by atoms with Crippen molar-refractivity contribution >= 4 is 36.8 Å². The highest BCUT2D eigenvalue weighted by molar-refractivity contribution is 7.94. The van der Waals surface area contributed by atoms with E-state index in [-0.39, 0.29) is 35.6 Å². The smallest absolute Gasteiger partial charge is 0.280 e. The van der Waals surface area contributed by atoms with Crippen molar-refractivity contribution in [3.63, 3.8) is 0 Å². The van der Waals surface area contributed by atoms with Crippen LogP contribution in [0.15, 0.2) is 58.2 Å². The number of benzene rings is 2. The van der Waals surface area contributed by atoms with Gasteiger partial charge in [0.1, 0.15) is 21.8 Å². The van der Waals surface area contributed by atoms with Crippen LogP contribution in [0.4, 0.5) is 10.2 Å². The Morgan fingerprint density at radius 2 is 1.97 bits per heavy atom. The highest BCUT2D eigenvalue weighted by Gasteiger charge is 2.24. The minimum absolute atomic E-state index is 0.0253. The number of hydrogen-bond donors (Lipinski definition) is 2. The third-order valence-electron chi connectivity index (χ3n) is 4.83. The summed E-state index contributed by atoms with van der Waals surface area (Å²) in [5, 5.41) is 9.87. The minimum atomic E-state index is -4.28. The van der Waals surface area contributed by atoms with E-state index in [9.17, 15) is 21.2 Å². The lowest BCUT2D eigenvalue weighted by molar-refractivity contribution is 0.418. The Kier molecular flexibility index (Phi) is 6.48. The third kappa shape index (κ3) is 5.27. The molecule has 2 N–H and O–H groups in total. The van der Waals surface area contributed by atoms with Gasteiger partial charge in [0.15, 0.2) is 11.4 Å². The molecular formula is C21H18FN5O6S2. The molecule has 4 aromatic rings. The standard InChI is InChI=1S/C21H18FN5O6S2/c1-3-34(28,29)24-11-15-10-23-27(13-15)12-14-8-17(32-2)20-18(9-14)33-25-21(20)26-35(30,31)19-7-5-4-6-16(19)22/h1,4-10,13,24H,11-12H2,2H3,(H,25,26). The van der Waals surface area contributed by atoms with Gasteiger partial charge in [-0.2, -0.15) is 13.5 Å². The highest BCUT2D eigenvalue weighted by atomic mass is 32.2. The Labute approximate surface area is 200 Å². The van der Waals surface area contributed by atoms with Gasteiger partial charge in [-0.15, -0.1) is 6.42 Å². The molecule has 0 aliphatic carbocycles. The third-order valence-corrected chi connectivity index (χ3v) is 7.03. The molecule has 0 atom stereocenters. The maximum absolute atomic E-state index is 14.0. The first kappa shape index (κ1) is 24.2. The Balaban J connectivity index is 1.59. The predicted molar refractivity (Wildman–Crippen MR) is 124 cm³/mol. The van der Waals surface area contributed by atoms with E-state index in [1.807, 2.05) is 0 Å². The van der Waals surface area contributed by atoms with Crippen molar-refractivity contribution in [1.82, 2.24) is 19.7 Å². The van der Waals surface area contributed by atoms with Gasteiger partial charge in [0.25, 0.3) is 20.0 Å². The Hall–Kier alpha value is -3.93. The monoisotopic (exact) mass is 519 g/mol. The molecule has 182 valence electrons. The van der Waals surface area contributed by atoms with Crippen LogP contribution in [0.5, 0.6) is 5.75 Å². The molecule has 0 aliphatic heterocycles. The Morgan fingerprint density at radius 1 is 1.20 bits per heavy atom. The van der Waals surface area contributed by atoms with E-state index in [4.69, 9.17) is 15.7 Å². The van der Waals surface area contributed by atoms with Gasteiger partial charge in [-0.05, 0) is 29.8 Å². The second-order valence-electron chi connectivity index (χ2n) is 7.23. The number of fused-ring (bicyclic) bond motifs is 1. The number of nitrogens with one attached hydrogen (secondary N) is 2. The molecule has 0 fully saturated rings. The summed E-state index contributed by atoms with van der Waals surface area (Å²) in [4.78, 5) is -0.536. The van der Waals surface area contributed by atoms with Crippen LogP contribution < -0.4 is 14.2 Å². The summed E-state index contributed by atoms with van der Waals surface area (Å²) in [6.45, 7) is 0.230.